The Balaban J connectivity index is 0.756. The summed E-state index contributed by atoms with van der Waals surface area (Å²) in [5.41, 5.74) is 3.47. The molecule has 2 aliphatic heterocycles. The van der Waals surface area contributed by atoms with Crippen molar-refractivity contribution in [3.8, 4) is 11.3 Å². The molecule has 1 saturated heterocycles. The van der Waals surface area contributed by atoms with Gasteiger partial charge in [0, 0.05) is 54.8 Å². The Bertz CT molecular complexity index is 2080. The number of carboxylic acid groups (broad SMARTS) is 1. The van der Waals surface area contributed by atoms with Crippen LogP contribution in [0, 0.1) is 5.92 Å². The lowest BCUT2D eigenvalue weighted by atomic mass is 9.90. The fourth-order valence-corrected chi connectivity index (χ4v) is 9.20. The second-order valence-electron chi connectivity index (χ2n) is 15.7. The molecule has 1 atom stereocenters. The molecule has 2 saturated carbocycles. The minimum atomic E-state index is -1.13. The number of aryl methyl sites for hydroxylation is 1. The first-order chi connectivity index (χ1) is 28.4. The largest absolute Gasteiger partial charge is 0.465 e. The highest BCUT2D eigenvalue weighted by molar-refractivity contribution is 7.14. The molecule has 3 fully saturated rings. The third-order valence-corrected chi connectivity index (χ3v) is 12.8. The Labute approximate surface area is 350 Å². The van der Waals surface area contributed by atoms with Crippen molar-refractivity contribution in [3.63, 3.8) is 0 Å². The summed E-state index contributed by atoms with van der Waals surface area (Å²) in [6.45, 7) is 1.36. The number of rotatable bonds is 18. The van der Waals surface area contributed by atoms with Gasteiger partial charge in [0.25, 0.3) is 5.91 Å². The van der Waals surface area contributed by atoms with Gasteiger partial charge in [0.1, 0.15) is 12.6 Å². The van der Waals surface area contributed by atoms with Crippen molar-refractivity contribution in [2.24, 2.45) is 13.0 Å². The minimum absolute atomic E-state index is 0.0414. The lowest BCUT2D eigenvalue weighted by Gasteiger charge is -2.35. The zero-order chi connectivity index (χ0) is 41.6. The van der Waals surface area contributed by atoms with Crippen LogP contribution in [0.25, 0.3) is 11.3 Å². The second-order valence-corrected chi connectivity index (χ2v) is 17.2. The van der Waals surface area contributed by atoms with Crippen molar-refractivity contribution in [1.29, 1.82) is 0 Å². The van der Waals surface area contributed by atoms with Gasteiger partial charge in [0.15, 0.2) is 0 Å². The Morgan fingerprint density at radius 3 is 2.53 bits per heavy atom. The molecule has 7 rings (SSSR count). The molecular formula is C39H50ClN11O7S. The van der Waals surface area contributed by atoms with Crippen LogP contribution in [0.3, 0.4) is 0 Å². The summed E-state index contributed by atoms with van der Waals surface area (Å²) >= 11 is 7.83. The number of amides is 6. The number of piperidine rings is 1. The number of carbonyl (C=O) groups is 6. The summed E-state index contributed by atoms with van der Waals surface area (Å²) in [6, 6.07) is 0.967. The first-order valence-electron chi connectivity index (χ1n) is 20.2. The molecule has 5 heterocycles. The van der Waals surface area contributed by atoms with Crippen molar-refractivity contribution < 1.29 is 33.9 Å². The van der Waals surface area contributed by atoms with Gasteiger partial charge in [0.2, 0.25) is 29.6 Å². The van der Waals surface area contributed by atoms with E-state index in [1.54, 1.807) is 12.4 Å². The zero-order valence-corrected chi connectivity index (χ0v) is 34.5. The van der Waals surface area contributed by atoms with E-state index in [2.05, 4.69) is 36.7 Å². The molecule has 0 aromatic carbocycles. The maximum Gasteiger partial charge on any atom is 0.408 e. The van der Waals surface area contributed by atoms with E-state index >= 15 is 0 Å². The summed E-state index contributed by atoms with van der Waals surface area (Å²) in [5.74, 6) is -0.438. The van der Waals surface area contributed by atoms with E-state index in [1.807, 2.05) is 17.8 Å². The highest BCUT2D eigenvalue weighted by Gasteiger charge is 2.40. The predicted octanol–water partition coefficient (Wildman–Crippen LogP) is 2.81. The average Bonchev–Trinajstić information content (AvgIpc) is 3.72. The van der Waals surface area contributed by atoms with E-state index in [1.165, 1.54) is 34.0 Å². The fraction of sp³-hybridized carbons (Fsp3) is 0.564. The van der Waals surface area contributed by atoms with E-state index in [-0.39, 0.29) is 61.8 Å². The number of hydrogen-bond donors (Lipinski definition) is 6. The zero-order valence-electron chi connectivity index (χ0n) is 32.9. The standard InChI is InChI=1S/C39H50ClN11O7S/c1-49-30(14-22-4-5-22)27(17-45-49)34-28(40)18-44-38(48-34)46-24-6-8-25(9-7-24)50(39(57)58)21-33(54)42-13-3-2-12-41-19-32(53)43-16-26-15-23-20-51(37(56)35(23)59-26)29-10-11-31(52)47-36(29)55/h15,17-18,22,24-25,29,41H,2-14,16,19-21H2,1H3,(H,42,54)(H,43,53)(H,57,58)(H,44,46,48)(H,47,52,55)/t24-,25-,29?. The van der Waals surface area contributed by atoms with Gasteiger partial charge in [-0.2, -0.15) is 5.10 Å². The maximum absolute atomic E-state index is 12.9. The monoisotopic (exact) mass is 851 g/mol. The number of carbonyl (C=O) groups excluding carboxylic acids is 5. The first kappa shape index (κ1) is 42.0. The summed E-state index contributed by atoms with van der Waals surface area (Å²) in [7, 11) is 1.93. The average molecular weight is 852 g/mol. The van der Waals surface area contributed by atoms with Crippen molar-refractivity contribution in [2.45, 2.75) is 102 Å². The molecule has 0 spiro atoms. The van der Waals surface area contributed by atoms with Gasteiger partial charge < -0.3 is 31.3 Å². The molecule has 59 heavy (non-hydrogen) atoms. The molecule has 0 radical (unpaired) electrons. The molecule has 2 aliphatic carbocycles. The van der Waals surface area contributed by atoms with Crippen LogP contribution in [0.5, 0.6) is 0 Å². The van der Waals surface area contributed by atoms with E-state index < -0.39 is 18.0 Å². The fourth-order valence-electron chi connectivity index (χ4n) is 7.94. The normalized spacial score (nSPS) is 20.3. The molecule has 4 aliphatic rings. The van der Waals surface area contributed by atoms with E-state index in [4.69, 9.17) is 16.6 Å². The molecule has 1 unspecified atom stereocenters. The summed E-state index contributed by atoms with van der Waals surface area (Å²) in [4.78, 5) is 87.3. The number of imide groups is 1. The number of fused-ring (bicyclic) bond motifs is 1. The van der Waals surface area contributed by atoms with E-state index in [0.29, 0.717) is 92.0 Å². The smallest absolute Gasteiger partial charge is 0.408 e. The summed E-state index contributed by atoms with van der Waals surface area (Å²) in [6.07, 6.45) is 10.0. The number of nitrogens with one attached hydrogen (secondary N) is 5. The van der Waals surface area contributed by atoms with Gasteiger partial charge >= 0.3 is 6.09 Å². The molecule has 6 amide bonds. The highest BCUT2D eigenvalue weighted by atomic mass is 35.5. The van der Waals surface area contributed by atoms with E-state index in [9.17, 15) is 33.9 Å². The van der Waals surface area contributed by atoms with Crippen LogP contribution < -0.4 is 26.6 Å². The molecule has 316 valence electrons. The van der Waals surface area contributed by atoms with Crippen LogP contribution in [0.2, 0.25) is 5.02 Å². The van der Waals surface area contributed by atoms with Gasteiger partial charge in [0.05, 0.1) is 41.1 Å². The van der Waals surface area contributed by atoms with Crippen LogP contribution in [0.4, 0.5) is 10.7 Å². The van der Waals surface area contributed by atoms with Gasteiger partial charge in [-0.05, 0) is 88.3 Å². The van der Waals surface area contributed by atoms with Gasteiger partial charge in [-0.25, -0.2) is 14.8 Å². The Kier molecular flexibility index (Phi) is 13.4. The first-order valence-corrected chi connectivity index (χ1v) is 21.4. The third kappa shape index (κ3) is 10.5. The number of aromatic nitrogens is 4. The summed E-state index contributed by atoms with van der Waals surface area (Å²) < 4.78 is 1.88. The quantitative estimate of drug-likeness (QED) is 0.0802. The molecular weight excluding hydrogens is 802 g/mol. The number of unbranched alkanes of at least 4 members (excludes halogenated alkanes) is 1. The molecule has 3 aromatic rings. The number of nitrogens with zero attached hydrogens (tertiary/aromatic N) is 6. The molecule has 18 nitrogen and oxygen atoms in total. The van der Waals surface area contributed by atoms with Crippen LogP contribution in [-0.2, 0) is 45.7 Å². The van der Waals surface area contributed by atoms with Gasteiger partial charge in [-0.1, -0.05) is 11.6 Å². The minimum Gasteiger partial charge on any atom is -0.465 e. The van der Waals surface area contributed by atoms with Crippen LogP contribution >= 0.6 is 22.9 Å². The molecule has 3 aromatic heterocycles. The van der Waals surface area contributed by atoms with Crippen LogP contribution in [0.1, 0.15) is 90.0 Å². The second kappa shape index (κ2) is 18.8. The summed E-state index contributed by atoms with van der Waals surface area (Å²) in [5, 5.41) is 29.3. The SMILES string of the molecule is Cn1ncc(-c2nc(N[C@H]3CC[C@H](N(CC(=O)NCCCCNCC(=O)NCc4cc5c(s4)C(=O)N(C4CCC(=O)NC4=O)C5)C(=O)O)CC3)ncc2Cl)c1CC1CC1. The Morgan fingerprint density at radius 1 is 1.02 bits per heavy atom. The van der Waals surface area contributed by atoms with Crippen LogP contribution in [0.15, 0.2) is 18.5 Å². The topological polar surface area (TPSA) is 233 Å². The number of anilines is 1. The van der Waals surface area contributed by atoms with Crippen LogP contribution in [-0.4, -0.2) is 115 Å². The number of thiophene rings is 1. The van der Waals surface area contributed by atoms with E-state index in [0.717, 1.165) is 28.1 Å². The molecule has 6 N–H and O–H groups in total. The lowest BCUT2D eigenvalue weighted by molar-refractivity contribution is -0.137. The van der Waals surface area contributed by atoms with Gasteiger partial charge in [-0.3, -0.25) is 38.9 Å². The van der Waals surface area contributed by atoms with Gasteiger partial charge in [-0.15, -0.1) is 11.3 Å². The molecule has 20 heteroatoms. The van der Waals surface area contributed by atoms with Crippen molar-refractivity contribution >= 4 is 64.5 Å². The third-order valence-electron chi connectivity index (χ3n) is 11.4. The Hall–Kier alpha value is -5.14. The number of halogens is 1. The predicted molar refractivity (Wildman–Crippen MR) is 217 cm³/mol. The number of hydrogen-bond acceptors (Lipinski definition) is 12. The van der Waals surface area contributed by atoms with Crippen molar-refractivity contribution in [3.05, 3.63) is 44.5 Å². The van der Waals surface area contributed by atoms with Crippen molar-refractivity contribution in [1.82, 2.24) is 50.8 Å². The maximum atomic E-state index is 12.9. The highest BCUT2D eigenvalue weighted by Crippen LogP contribution is 2.37. The Morgan fingerprint density at radius 2 is 1.80 bits per heavy atom. The van der Waals surface area contributed by atoms with Crippen molar-refractivity contribution in [2.75, 3.05) is 31.5 Å². The molecule has 0 bridgehead atoms. The lowest BCUT2D eigenvalue weighted by Crippen LogP contribution is -2.52.